The average Bonchev–Trinajstić information content (AvgIpc) is 3.03. The van der Waals surface area contributed by atoms with E-state index in [-0.39, 0.29) is 24.5 Å². The molecule has 0 bridgehead atoms. The van der Waals surface area contributed by atoms with Crippen LogP contribution in [0.1, 0.15) is 23.6 Å². The van der Waals surface area contributed by atoms with Crippen LogP contribution in [0.15, 0.2) is 53.3 Å². The van der Waals surface area contributed by atoms with E-state index in [1.54, 1.807) is 35.2 Å². The monoisotopic (exact) mass is 375 g/mol. The molecule has 0 amide bonds. The highest BCUT2D eigenvalue weighted by Crippen LogP contribution is 2.37. The largest absolute Gasteiger partial charge is 0.416 e. The van der Waals surface area contributed by atoms with Crippen molar-refractivity contribution < 1.29 is 18.3 Å². The van der Waals surface area contributed by atoms with Crippen molar-refractivity contribution in [3.05, 3.63) is 70.0 Å². The minimum absolute atomic E-state index is 0.169. The third-order valence-corrected chi connectivity index (χ3v) is 4.75. The molecule has 0 spiro atoms. The van der Waals surface area contributed by atoms with E-state index in [4.69, 9.17) is 0 Å². The fourth-order valence-corrected chi connectivity index (χ4v) is 3.50. The molecule has 1 aromatic heterocycles. The van der Waals surface area contributed by atoms with Crippen LogP contribution in [-0.4, -0.2) is 27.7 Å². The Hall–Kier alpha value is -2.87. The summed E-state index contributed by atoms with van der Waals surface area (Å²) in [5.41, 5.74) is -0.182. The van der Waals surface area contributed by atoms with E-state index in [0.29, 0.717) is 16.5 Å². The van der Waals surface area contributed by atoms with Gasteiger partial charge in [-0.2, -0.15) is 13.2 Å². The van der Waals surface area contributed by atoms with Crippen LogP contribution in [-0.2, 0) is 6.18 Å². The SMILES string of the molecule is O=c1[nH]c(N2CC(O)CC2c2cccc(C(F)(F)F)c2)nc2ccccc12. The first-order chi connectivity index (χ1) is 12.8. The van der Waals surface area contributed by atoms with Crippen LogP contribution in [0.2, 0.25) is 0 Å². The van der Waals surface area contributed by atoms with Gasteiger partial charge >= 0.3 is 6.18 Å². The summed E-state index contributed by atoms with van der Waals surface area (Å²) in [6.07, 6.45) is -4.94. The van der Waals surface area contributed by atoms with Gasteiger partial charge in [-0.15, -0.1) is 0 Å². The molecule has 2 heterocycles. The number of hydrogen-bond donors (Lipinski definition) is 2. The number of aromatic nitrogens is 2. The van der Waals surface area contributed by atoms with Gasteiger partial charge in [0, 0.05) is 6.54 Å². The zero-order valence-corrected chi connectivity index (χ0v) is 14.1. The quantitative estimate of drug-likeness (QED) is 0.722. The molecule has 5 nitrogen and oxygen atoms in total. The maximum absolute atomic E-state index is 13.1. The predicted octanol–water partition coefficient (Wildman–Crippen LogP) is 3.25. The number of H-pyrrole nitrogens is 1. The average molecular weight is 375 g/mol. The van der Waals surface area contributed by atoms with Crippen molar-refractivity contribution in [2.45, 2.75) is 24.7 Å². The molecular weight excluding hydrogens is 359 g/mol. The maximum atomic E-state index is 13.1. The number of aliphatic hydroxyl groups is 1. The molecule has 2 unspecified atom stereocenters. The molecule has 140 valence electrons. The van der Waals surface area contributed by atoms with E-state index in [0.717, 1.165) is 12.1 Å². The molecule has 8 heteroatoms. The number of nitrogens with one attached hydrogen (secondary N) is 1. The van der Waals surface area contributed by atoms with Crippen LogP contribution in [0.5, 0.6) is 0 Å². The van der Waals surface area contributed by atoms with Gasteiger partial charge in [-0.25, -0.2) is 4.98 Å². The summed E-state index contributed by atoms with van der Waals surface area (Å²) in [4.78, 5) is 21.1. The third-order valence-electron chi connectivity index (χ3n) is 4.75. The molecule has 1 fully saturated rings. The highest BCUT2D eigenvalue weighted by atomic mass is 19.4. The zero-order chi connectivity index (χ0) is 19.2. The van der Waals surface area contributed by atoms with Crippen LogP contribution in [0, 0.1) is 0 Å². The Bertz CT molecular complexity index is 1050. The van der Waals surface area contributed by atoms with Gasteiger partial charge in [0.2, 0.25) is 5.95 Å². The van der Waals surface area contributed by atoms with Crippen LogP contribution >= 0.6 is 0 Å². The summed E-state index contributed by atoms with van der Waals surface area (Å²) in [7, 11) is 0. The van der Waals surface area contributed by atoms with Gasteiger partial charge in [0.15, 0.2) is 0 Å². The second-order valence-corrected chi connectivity index (χ2v) is 6.59. The van der Waals surface area contributed by atoms with E-state index in [1.165, 1.54) is 6.07 Å². The summed E-state index contributed by atoms with van der Waals surface area (Å²) < 4.78 is 39.2. The van der Waals surface area contributed by atoms with E-state index < -0.39 is 23.9 Å². The van der Waals surface area contributed by atoms with Gasteiger partial charge < -0.3 is 10.0 Å². The van der Waals surface area contributed by atoms with Crippen LogP contribution in [0.25, 0.3) is 10.9 Å². The number of fused-ring (bicyclic) bond motifs is 1. The van der Waals surface area contributed by atoms with Crippen molar-refractivity contribution in [2.24, 2.45) is 0 Å². The first-order valence-corrected chi connectivity index (χ1v) is 8.44. The first kappa shape index (κ1) is 17.5. The lowest BCUT2D eigenvalue weighted by Crippen LogP contribution is -2.28. The summed E-state index contributed by atoms with van der Waals surface area (Å²) in [6.45, 7) is 0.169. The number of β-amino-alcohol motifs (C(OH)–C–C–N with tert-alkyl or cyclic N) is 1. The van der Waals surface area contributed by atoms with Crippen molar-refractivity contribution >= 4 is 16.9 Å². The molecule has 2 atom stereocenters. The molecule has 0 aliphatic carbocycles. The Kier molecular flexibility index (Phi) is 4.15. The fourth-order valence-electron chi connectivity index (χ4n) is 3.50. The van der Waals surface area contributed by atoms with E-state index >= 15 is 0 Å². The van der Waals surface area contributed by atoms with E-state index in [9.17, 15) is 23.1 Å². The minimum atomic E-state index is -4.45. The van der Waals surface area contributed by atoms with Gasteiger partial charge in [0.25, 0.3) is 5.56 Å². The molecule has 1 aliphatic heterocycles. The van der Waals surface area contributed by atoms with Gasteiger partial charge in [-0.3, -0.25) is 9.78 Å². The van der Waals surface area contributed by atoms with Crippen molar-refractivity contribution in [3.63, 3.8) is 0 Å². The smallest absolute Gasteiger partial charge is 0.391 e. The minimum Gasteiger partial charge on any atom is -0.391 e. The molecular formula is C19H16F3N3O2. The number of halogens is 3. The molecule has 1 aliphatic rings. The highest BCUT2D eigenvalue weighted by molar-refractivity contribution is 5.78. The summed E-state index contributed by atoms with van der Waals surface area (Å²) in [6, 6.07) is 11.3. The van der Waals surface area contributed by atoms with Crippen LogP contribution in [0.4, 0.5) is 19.1 Å². The number of para-hydroxylation sites is 1. The Morgan fingerprint density at radius 1 is 1.15 bits per heavy atom. The molecule has 3 aromatic rings. The second kappa shape index (κ2) is 6.38. The van der Waals surface area contributed by atoms with Crippen molar-refractivity contribution in [1.29, 1.82) is 0 Å². The van der Waals surface area contributed by atoms with Crippen molar-refractivity contribution in [1.82, 2.24) is 9.97 Å². The topological polar surface area (TPSA) is 69.2 Å². The van der Waals surface area contributed by atoms with Crippen LogP contribution < -0.4 is 10.5 Å². The summed E-state index contributed by atoms with van der Waals surface area (Å²) >= 11 is 0. The summed E-state index contributed by atoms with van der Waals surface area (Å²) in [5.74, 6) is 0.234. The molecule has 4 rings (SSSR count). The molecule has 1 saturated heterocycles. The number of rotatable bonds is 2. The lowest BCUT2D eigenvalue weighted by Gasteiger charge is -2.25. The van der Waals surface area contributed by atoms with Gasteiger partial charge in [-0.1, -0.05) is 24.3 Å². The molecule has 2 N–H and O–H groups in total. The maximum Gasteiger partial charge on any atom is 0.416 e. The number of benzene rings is 2. The molecule has 0 radical (unpaired) electrons. The van der Waals surface area contributed by atoms with Gasteiger partial charge in [-0.05, 0) is 36.2 Å². The predicted molar refractivity (Wildman–Crippen MR) is 94.5 cm³/mol. The Labute approximate surface area is 152 Å². The Morgan fingerprint density at radius 2 is 1.93 bits per heavy atom. The first-order valence-electron chi connectivity index (χ1n) is 8.44. The number of aliphatic hydroxyl groups excluding tert-OH is 1. The van der Waals surface area contributed by atoms with E-state index in [1.807, 2.05) is 0 Å². The number of alkyl halides is 3. The lowest BCUT2D eigenvalue weighted by molar-refractivity contribution is -0.137. The second-order valence-electron chi connectivity index (χ2n) is 6.59. The lowest BCUT2D eigenvalue weighted by atomic mass is 10.0. The molecule has 27 heavy (non-hydrogen) atoms. The number of aromatic amines is 1. The van der Waals surface area contributed by atoms with Crippen molar-refractivity contribution in [2.75, 3.05) is 11.4 Å². The van der Waals surface area contributed by atoms with Crippen molar-refractivity contribution in [3.8, 4) is 0 Å². The standard InChI is InChI=1S/C19H16F3N3O2/c20-19(21,22)12-5-3-4-11(8-12)16-9-13(26)10-25(16)18-23-15-7-2-1-6-14(15)17(27)24-18/h1-8,13,16,26H,9-10H2,(H,23,24,27). The Morgan fingerprint density at radius 3 is 2.70 bits per heavy atom. The fraction of sp³-hybridized carbons (Fsp3) is 0.263. The number of nitrogens with zero attached hydrogens (tertiary/aromatic N) is 2. The molecule has 0 saturated carbocycles. The normalized spacial score (nSPS) is 20.4. The Balaban J connectivity index is 1.78. The molecule has 2 aromatic carbocycles. The summed E-state index contributed by atoms with van der Waals surface area (Å²) in [5, 5.41) is 10.5. The third kappa shape index (κ3) is 3.28. The van der Waals surface area contributed by atoms with Crippen LogP contribution in [0.3, 0.4) is 0 Å². The number of anilines is 1. The number of hydrogen-bond acceptors (Lipinski definition) is 4. The van der Waals surface area contributed by atoms with E-state index in [2.05, 4.69) is 9.97 Å². The highest BCUT2D eigenvalue weighted by Gasteiger charge is 2.36. The van der Waals surface area contributed by atoms with Gasteiger partial charge in [0.05, 0.1) is 28.6 Å². The van der Waals surface area contributed by atoms with Gasteiger partial charge in [0.1, 0.15) is 0 Å². The zero-order valence-electron chi connectivity index (χ0n) is 14.1.